The summed E-state index contributed by atoms with van der Waals surface area (Å²) in [7, 11) is -2.90. The summed E-state index contributed by atoms with van der Waals surface area (Å²) in [5, 5.41) is 12.1. The molecule has 8 heteroatoms. The van der Waals surface area contributed by atoms with Crippen LogP contribution < -0.4 is 5.09 Å². The second-order valence-corrected chi connectivity index (χ2v) is 6.07. The number of nitrogens with zero attached hydrogens (tertiary/aromatic N) is 1. The molecule has 2 atom stereocenters. The van der Waals surface area contributed by atoms with Crippen LogP contribution in [-0.2, 0) is 4.52 Å². The van der Waals surface area contributed by atoms with E-state index in [1.54, 1.807) is 4.67 Å². The van der Waals surface area contributed by atoms with Crippen LogP contribution in [0.4, 0.5) is 0 Å². The quantitative estimate of drug-likeness (QED) is 0.512. The Labute approximate surface area is 99.9 Å². The van der Waals surface area contributed by atoms with Crippen LogP contribution in [0.1, 0.15) is 6.42 Å². The first-order valence-corrected chi connectivity index (χ1v) is 7.40. The summed E-state index contributed by atoms with van der Waals surface area (Å²) in [4.78, 5) is 10.2. The van der Waals surface area contributed by atoms with E-state index in [2.05, 4.69) is 5.09 Å². The molecule has 0 aromatic rings. The minimum absolute atomic E-state index is 0.333. The fourth-order valence-electron chi connectivity index (χ4n) is 1.33. The van der Waals surface area contributed by atoms with Crippen LogP contribution in [0.15, 0.2) is 0 Å². The van der Waals surface area contributed by atoms with E-state index >= 15 is 0 Å². The maximum Gasteiger partial charge on any atom is 0.246 e. The topological polar surface area (TPSA) is 65.0 Å². The van der Waals surface area contributed by atoms with Crippen LogP contribution in [0.3, 0.4) is 0 Å². The number of nitrogens with one attached hydrogen (secondary N) is 1. The second kappa shape index (κ2) is 6.52. The zero-order valence-corrected chi connectivity index (χ0v) is 10.7. The molecule has 5 nitrogen and oxygen atoms in total. The van der Waals surface area contributed by atoms with Gasteiger partial charge in [0.1, 0.15) is 6.23 Å². The lowest BCUT2D eigenvalue weighted by atomic mass is 10.4. The lowest BCUT2D eigenvalue weighted by Crippen LogP contribution is -2.44. The molecule has 91 valence electrons. The van der Waals surface area contributed by atoms with Crippen LogP contribution in [0, 0.1) is 0 Å². The largest absolute Gasteiger partial charge is 0.378 e. The van der Waals surface area contributed by atoms with E-state index < -0.39 is 14.2 Å². The van der Waals surface area contributed by atoms with E-state index in [-0.39, 0.29) is 0 Å². The molecule has 0 aliphatic carbocycles. The van der Waals surface area contributed by atoms with Gasteiger partial charge >= 0.3 is 0 Å². The third-order valence-corrected chi connectivity index (χ3v) is 4.73. The van der Waals surface area contributed by atoms with Gasteiger partial charge in [0.15, 0.2) is 0 Å². The zero-order chi connectivity index (χ0) is 11.3. The Hall–Kier alpha value is 0.810. The average molecular weight is 278 g/mol. The Morgan fingerprint density at radius 1 is 1.40 bits per heavy atom. The van der Waals surface area contributed by atoms with Crippen LogP contribution in [-0.4, -0.2) is 52.4 Å². The fourth-order valence-corrected chi connectivity index (χ4v) is 3.99. The SMILES string of the molecule is OC1CCO[P](O)(N(CCCl)CCCl)N1. The first kappa shape index (κ1) is 13.9. The molecule has 1 aliphatic heterocycles. The predicted octanol–water partition coefficient (Wildman–Crippen LogP) is 0.764. The van der Waals surface area contributed by atoms with Gasteiger partial charge < -0.3 is 14.5 Å². The van der Waals surface area contributed by atoms with E-state index in [9.17, 15) is 10.00 Å². The molecule has 0 amide bonds. The van der Waals surface area contributed by atoms with Crippen molar-refractivity contribution in [2.45, 2.75) is 12.6 Å². The summed E-state index contributed by atoms with van der Waals surface area (Å²) in [6, 6.07) is 0. The highest BCUT2D eigenvalue weighted by Gasteiger charge is 2.38. The van der Waals surface area contributed by atoms with E-state index in [0.29, 0.717) is 37.9 Å². The Morgan fingerprint density at radius 2 is 2.00 bits per heavy atom. The van der Waals surface area contributed by atoms with Crippen LogP contribution in [0.25, 0.3) is 0 Å². The highest BCUT2D eigenvalue weighted by Crippen LogP contribution is 2.57. The molecule has 0 aromatic carbocycles. The van der Waals surface area contributed by atoms with Gasteiger partial charge in [0.25, 0.3) is 0 Å². The van der Waals surface area contributed by atoms with Gasteiger partial charge in [-0.15, -0.1) is 23.2 Å². The minimum Gasteiger partial charge on any atom is -0.378 e. The molecule has 1 aliphatic rings. The molecule has 0 aromatic heterocycles. The number of hydrogen-bond donors (Lipinski definition) is 3. The van der Waals surface area contributed by atoms with Gasteiger partial charge in [-0.25, -0.2) is 9.76 Å². The highest BCUT2D eigenvalue weighted by molar-refractivity contribution is 7.61. The number of halogens is 2. The van der Waals surface area contributed by atoms with Crippen molar-refractivity contribution in [2.75, 3.05) is 31.5 Å². The average Bonchev–Trinajstić information content (AvgIpc) is 2.17. The van der Waals surface area contributed by atoms with Gasteiger partial charge in [0, 0.05) is 31.3 Å². The second-order valence-electron chi connectivity index (χ2n) is 3.14. The maximum absolute atomic E-state index is 10.2. The standard InChI is InChI=1S/C7H16Cl2N2O3P/c8-2-4-11(5-3-9)15(13)10-7(12)1-6-14-15/h7,10,12-13H,1-6H2. The molecule has 1 saturated heterocycles. The van der Waals surface area contributed by atoms with Gasteiger partial charge in [-0.2, -0.15) is 0 Å². The first-order valence-electron chi connectivity index (χ1n) is 4.72. The molecule has 0 saturated carbocycles. The number of rotatable bonds is 5. The maximum atomic E-state index is 10.2. The van der Waals surface area contributed by atoms with Crippen LogP contribution in [0.5, 0.6) is 0 Å². The van der Waals surface area contributed by atoms with Crippen molar-refractivity contribution in [2.24, 2.45) is 0 Å². The normalized spacial score (nSPS) is 32.2. The summed E-state index contributed by atoms with van der Waals surface area (Å²) in [6.45, 7) is 1.27. The number of hydrogen-bond acceptors (Lipinski definition) is 5. The van der Waals surface area contributed by atoms with Crippen molar-refractivity contribution in [3.63, 3.8) is 0 Å². The summed E-state index contributed by atoms with van der Waals surface area (Å²) < 4.78 is 6.97. The van der Waals surface area contributed by atoms with E-state index in [1.807, 2.05) is 0 Å². The molecular weight excluding hydrogens is 262 g/mol. The zero-order valence-electron chi connectivity index (χ0n) is 8.27. The minimum atomic E-state index is -2.90. The summed E-state index contributed by atoms with van der Waals surface area (Å²) in [6.07, 6.45) is -0.261. The molecule has 0 spiro atoms. The summed E-state index contributed by atoms with van der Waals surface area (Å²) in [5.74, 6) is 0.751. The number of alkyl halides is 2. The third kappa shape index (κ3) is 3.95. The molecular formula is C7H16Cl2N2O3P. The Kier molecular flexibility index (Phi) is 6.03. The molecule has 1 radical (unpaired) electrons. The molecule has 1 rings (SSSR count). The molecule has 1 heterocycles. The lowest BCUT2D eigenvalue weighted by Gasteiger charge is -2.43. The smallest absolute Gasteiger partial charge is 0.246 e. The monoisotopic (exact) mass is 277 g/mol. The van der Waals surface area contributed by atoms with Crippen molar-refractivity contribution in [3.8, 4) is 0 Å². The van der Waals surface area contributed by atoms with Crippen molar-refractivity contribution in [1.29, 1.82) is 0 Å². The van der Waals surface area contributed by atoms with Crippen molar-refractivity contribution in [3.05, 3.63) is 0 Å². The number of aliphatic hydroxyl groups is 1. The van der Waals surface area contributed by atoms with Crippen molar-refractivity contribution in [1.82, 2.24) is 9.76 Å². The first-order chi connectivity index (χ1) is 7.12. The Balaban J connectivity index is 2.61. The van der Waals surface area contributed by atoms with E-state index in [0.717, 1.165) is 0 Å². The van der Waals surface area contributed by atoms with Crippen LogP contribution >= 0.6 is 31.2 Å². The van der Waals surface area contributed by atoms with E-state index in [1.165, 1.54) is 0 Å². The van der Waals surface area contributed by atoms with Gasteiger partial charge in [0.2, 0.25) is 8.02 Å². The van der Waals surface area contributed by atoms with Gasteiger partial charge in [0.05, 0.1) is 6.61 Å². The molecule has 0 bridgehead atoms. The van der Waals surface area contributed by atoms with Crippen molar-refractivity contribution < 1.29 is 14.5 Å². The summed E-state index contributed by atoms with van der Waals surface area (Å²) in [5.41, 5.74) is 0. The highest BCUT2D eigenvalue weighted by atomic mass is 35.5. The molecule has 2 unspecified atom stereocenters. The van der Waals surface area contributed by atoms with Crippen LogP contribution in [0.2, 0.25) is 0 Å². The Bertz CT molecular complexity index is 197. The number of aliphatic hydroxyl groups excluding tert-OH is 1. The Morgan fingerprint density at radius 3 is 2.47 bits per heavy atom. The van der Waals surface area contributed by atoms with Gasteiger partial charge in [-0.3, -0.25) is 0 Å². The molecule has 3 N–H and O–H groups in total. The van der Waals surface area contributed by atoms with E-state index in [4.69, 9.17) is 27.7 Å². The fraction of sp³-hybridized carbons (Fsp3) is 1.00. The predicted molar refractivity (Wildman–Crippen MR) is 61.9 cm³/mol. The van der Waals surface area contributed by atoms with Gasteiger partial charge in [-0.1, -0.05) is 0 Å². The molecule has 1 fully saturated rings. The lowest BCUT2D eigenvalue weighted by molar-refractivity contribution is 0.0773. The van der Waals surface area contributed by atoms with Gasteiger partial charge in [-0.05, 0) is 0 Å². The van der Waals surface area contributed by atoms with Crippen molar-refractivity contribution >= 4 is 31.2 Å². The third-order valence-electron chi connectivity index (χ3n) is 2.05. The molecule has 15 heavy (non-hydrogen) atoms. The summed E-state index contributed by atoms with van der Waals surface area (Å²) >= 11 is 11.3.